The molecular weight excluding hydrogens is 355 g/mol. The summed E-state index contributed by atoms with van der Waals surface area (Å²) in [5, 5.41) is 5.99. The summed E-state index contributed by atoms with van der Waals surface area (Å²) in [6.45, 7) is 1.50. The molecule has 4 rings (SSSR count). The minimum atomic E-state index is -0.105. The van der Waals surface area contributed by atoms with Crippen molar-refractivity contribution in [1.29, 1.82) is 0 Å². The maximum atomic E-state index is 11.5. The van der Waals surface area contributed by atoms with Gasteiger partial charge in [-0.3, -0.25) is 4.79 Å². The van der Waals surface area contributed by atoms with Crippen molar-refractivity contribution in [2.75, 3.05) is 5.32 Å². The molecule has 0 unspecified atom stereocenters. The number of benzene rings is 3. The third-order valence-electron chi connectivity index (χ3n) is 4.23. The van der Waals surface area contributed by atoms with Crippen molar-refractivity contribution in [3.05, 3.63) is 64.6 Å². The number of aromatic amines is 1. The molecule has 0 aliphatic rings. The molecule has 0 saturated carbocycles. The average Bonchev–Trinajstić information content (AvgIpc) is 2.98. The van der Waals surface area contributed by atoms with Crippen LogP contribution >= 0.6 is 23.2 Å². The van der Waals surface area contributed by atoms with Gasteiger partial charge in [0, 0.05) is 34.5 Å². The van der Waals surface area contributed by atoms with Crippen molar-refractivity contribution >= 4 is 56.6 Å². The van der Waals surface area contributed by atoms with E-state index in [9.17, 15) is 4.79 Å². The molecule has 0 radical (unpaired) electrons. The Labute approximate surface area is 154 Å². The largest absolute Gasteiger partial charge is 0.353 e. The van der Waals surface area contributed by atoms with Gasteiger partial charge in [-0.15, -0.1) is 0 Å². The number of para-hydroxylation sites is 2. The molecule has 1 amide bonds. The predicted octanol–water partition coefficient (Wildman–Crippen LogP) is 6.25. The molecule has 124 valence electrons. The lowest BCUT2D eigenvalue weighted by atomic mass is 10.0. The highest BCUT2D eigenvalue weighted by molar-refractivity contribution is 6.45. The number of nitrogens with one attached hydrogen (secondary N) is 2. The van der Waals surface area contributed by atoms with Gasteiger partial charge in [-0.2, -0.15) is 0 Å². The first-order valence-electron chi connectivity index (χ1n) is 7.81. The molecule has 4 aromatic rings. The molecule has 3 nitrogen and oxygen atoms in total. The number of rotatable bonds is 2. The molecule has 0 bridgehead atoms. The third-order valence-corrected chi connectivity index (χ3v) is 5.03. The first-order chi connectivity index (χ1) is 12.1. The summed E-state index contributed by atoms with van der Waals surface area (Å²) in [5.41, 5.74) is 4.47. The number of hydrogen-bond acceptors (Lipinski definition) is 1. The van der Waals surface area contributed by atoms with E-state index in [1.165, 1.54) is 6.92 Å². The highest BCUT2D eigenvalue weighted by atomic mass is 35.5. The predicted molar refractivity (Wildman–Crippen MR) is 106 cm³/mol. The number of H-pyrrole nitrogens is 1. The van der Waals surface area contributed by atoms with E-state index in [4.69, 9.17) is 23.2 Å². The van der Waals surface area contributed by atoms with Crippen LogP contribution < -0.4 is 5.32 Å². The molecule has 0 spiro atoms. The van der Waals surface area contributed by atoms with Gasteiger partial charge in [0.2, 0.25) is 5.91 Å². The lowest BCUT2D eigenvalue weighted by Gasteiger charge is -2.11. The van der Waals surface area contributed by atoms with Crippen LogP contribution in [0.2, 0.25) is 10.0 Å². The standard InChI is InChI=1S/C20H14Cl2N2O/c1-11(25)23-17-8-3-2-5-12(17)13-6-4-7-14-15-9-10-16(21)18(22)20(15)24-19(13)14/h2-10,24H,1H3,(H,23,25). The summed E-state index contributed by atoms with van der Waals surface area (Å²) in [4.78, 5) is 14.9. The molecule has 2 N–H and O–H groups in total. The van der Waals surface area contributed by atoms with Gasteiger partial charge >= 0.3 is 0 Å². The first-order valence-corrected chi connectivity index (χ1v) is 8.57. The monoisotopic (exact) mass is 368 g/mol. The molecule has 0 aliphatic carbocycles. The molecule has 5 heteroatoms. The zero-order valence-electron chi connectivity index (χ0n) is 13.4. The van der Waals surface area contributed by atoms with Crippen LogP contribution in [0.3, 0.4) is 0 Å². The van der Waals surface area contributed by atoms with Crippen LogP contribution in [-0.4, -0.2) is 10.9 Å². The van der Waals surface area contributed by atoms with E-state index in [2.05, 4.69) is 10.3 Å². The van der Waals surface area contributed by atoms with Gasteiger partial charge in [0.05, 0.1) is 21.1 Å². The Hall–Kier alpha value is -2.49. The van der Waals surface area contributed by atoms with Gasteiger partial charge < -0.3 is 10.3 Å². The van der Waals surface area contributed by atoms with E-state index < -0.39 is 0 Å². The van der Waals surface area contributed by atoms with E-state index in [1.807, 2.05) is 48.5 Å². The normalized spacial score (nSPS) is 11.2. The number of aromatic nitrogens is 1. The van der Waals surface area contributed by atoms with E-state index in [-0.39, 0.29) is 5.91 Å². The van der Waals surface area contributed by atoms with Crippen LogP contribution in [0.25, 0.3) is 32.9 Å². The van der Waals surface area contributed by atoms with Crippen LogP contribution in [0.15, 0.2) is 54.6 Å². The van der Waals surface area contributed by atoms with Crippen molar-refractivity contribution < 1.29 is 4.79 Å². The van der Waals surface area contributed by atoms with Crippen LogP contribution in [-0.2, 0) is 4.79 Å². The summed E-state index contributed by atoms with van der Waals surface area (Å²) < 4.78 is 0. The number of carbonyl (C=O) groups is 1. The molecule has 1 heterocycles. The fourth-order valence-corrected chi connectivity index (χ4v) is 3.54. The van der Waals surface area contributed by atoms with E-state index in [0.29, 0.717) is 10.0 Å². The molecule has 3 aromatic carbocycles. The number of fused-ring (bicyclic) bond motifs is 3. The molecule has 0 atom stereocenters. The number of carbonyl (C=O) groups excluding carboxylic acids is 1. The molecule has 0 fully saturated rings. The second-order valence-electron chi connectivity index (χ2n) is 5.86. The lowest BCUT2D eigenvalue weighted by Crippen LogP contribution is -2.06. The third kappa shape index (κ3) is 2.66. The highest BCUT2D eigenvalue weighted by Crippen LogP contribution is 2.39. The average molecular weight is 369 g/mol. The van der Waals surface area contributed by atoms with Gasteiger partial charge in [0.1, 0.15) is 0 Å². The Morgan fingerprint density at radius 1 is 0.880 bits per heavy atom. The molecule has 0 saturated heterocycles. The van der Waals surface area contributed by atoms with E-state index in [0.717, 1.165) is 38.6 Å². The van der Waals surface area contributed by atoms with Crippen molar-refractivity contribution in [2.24, 2.45) is 0 Å². The molecular formula is C20H14Cl2N2O. The van der Waals surface area contributed by atoms with Crippen molar-refractivity contribution in [1.82, 2.24) is 4.98 Å². The smallest absolute Gasteiger partial charge is 0.221 e. The maximum absolute atomic E-state index is 11.5. The van der Waals surface area contributed by atoms with Gasteiger partial charge in [-0.25, -0.2) is 0 Å². The zero-order valence-corrected chi connectivity index (χ0v) is 14.9. The van der Waals surface area contributed by atoms with E-state index >= 15 is 0 Å². The summed E-state index contributed by atoms with van der Waals surface area (Å²) in [6.07, 6.45) is 0. The topological polar surface area (TPSA) is 44.9 Å². The highest BCUT2D eigenvalue weighted by Gasteiger charge is 2.15. The van der Waals surface area contributed by atoms with Crippen LogP contribution in [0.1, 0.15) is 6.92 Å². The first kappa shape index (κ1) is 16.0. The van der Waals surface area contributed by atoms with Crippen LogP contribution in [0.4, 0.5) is 5.69 Å². The quantitative estimate of drug-likeness (QED) is 0.431. The maximum Gasteiger partial charge on any atom is 0.221 e. The Morgan fingerprint density at radius 3 is 2.40 bits per heavy atom. The van der Waals surface area contributed by atoms with Crippen LogP contribution in [0.5, 0.6) is 0 Å². The van der Waals surface area contributed by atoms with Crippen molar-refractivity contribution in [2.45, 2.75) is 6.92 Å². The number of halogens is 2. The molecule has 0 aliphatic heterocycles. The van der Waals surface area contributed by atoms with Gasteiger partial charge in [0.15, 0.2) is 0 Å². The van der Waals surface area contributed by atoms with Gasteiger partial charge in [-0.1, -0.05) is 65.7 Å². The zero-order chi connectivity index (χ0) is 17.6. The minimum absolute atomic E-state index is 0.105. The summed E-state index contributed by atoms with van der Waals surface area (Å²) in [7, 11) is 0. The van der Waals surface area contributed by atoms with E-state index in [1.54, 1.807) is 6.07 Å². The van der Waals surface area contributed by atoms with Crippen molar-refractivity contribution in [3.8, 4) is 11.1 Å². The Morgan fingerprint density at radius 2 is 1.60 bits per heavy atom. The second kappa shape index (κ2) is 6.10. The fourth-order valence-electron chi connectivity index (χ4n) is 3.17. The van der Waals surface area contributed by atoms with Crippen molar-refractivity contribution in [3.63, 3.8) is 0 Å². The minimum Gasteiger partial charge on any atom is -0.353 e. The number of amides is 1. The van der Waals surface area contributed by atoms with Gasteiger partial charge in [-0.05, 0) is 12.1 Å². The lowest BCUT2D eigenvalue weighted by molar-refractivity contribution is -0.114. The summed E-state index contributed by atoms with van der Waals surface area (Å²) in [6, 6.07) is 17.6. The summed E-state index contributed by atoms with van der Waals surface area (Å²) >= 11 is 12.5. The molecule has 1 aromatic heterocycles. The second-order valence-corrected chi connectivity index (χ2v) is 6.65. The fraction of sp³-hybridized carbons (Fsp3) is 0.0500. The van der Waals surface area contributed by atoms with Crippen LogP contribution in [0, 0.1) is 0 Å². The summed E-state index contributed by atoms with van der Waals surface area (Å²) in [5.74, 6) is -0.105. The molecule has 25 heavy (non-hydrogen) atoms. The van der Waals surface area contributed by atoms with Gasteiger partial charge in [0.25, 0.3) is 0 Å². The number of hydrogen-bond donors (Lipinski definition) is 2. The Kier molecular flexibility index (Phi) is 3.91. The SMILES string of the molecule is CC(=O)Nc1ccccc1-c1cccc2c1[nH]c1c(Cl)c(Cl)ccc12. The Bertz CT molecular complexity index is 1130. The number of anilines is 1. The Balaban J connectivity index is 2.04.